The summed E-state index contributed by atoms with van der Waals surface area (Å²) in [6.45, 7) is 2.67. The molecule has 1 atom stereocenters. The van der Waals surface area contributed by atoms with Gasteiger partial charge in [-0.3, -0.25) is 4.79 Å². The predicted molar refractivity (Wildman–Crippen MR) is 62.4 cm³/mol. The highest BCUT2D eigenvalue weighted by molar-refractivity contribution is 6.34. The molecular weight excluding hydrogens is 212 g/mol. The first-order valence-corrected chi connectivity index (χ1v) is 5.43. The molecule has 3 nitrogen and oxygen atoms in total. The van der Waals surface area contributed by atoms with Crippen molar-refractivity contribution in [3.05, 3.63) is 23.2 Å². The number of carbonyl (C=O) groups excluding carboxylic acids is 1. The second kappa shape index (κ2) is 4.11. The zero-order valence-electron chi connectivity index (χ0n) is 8.51. The van der Waals surface area contributed by atoms with E-state index in [4.69, 9.17) is 11.6 Å². The number of amides is 1. The number of benzene rings is 1. The fourth-order valence-electron chi connectivity index (χ4n) is 1.68. The smallest absolute Gasteiger partial charge is 0.229 e. The Kier molecular flexibility index (Phi) is 2.82. The van der Waals surface area contributed by atoms with Gasteiger partial charge in [-0.1, -0.05) is 24.6 Å². The van der Waals surface area contributed by atoms with Crippen molar-refractivity contribution in [2.24, 2.45) is 5.92 Å². The van der Waals surface area contributed by atoms with Crippen LogP contribution in [-0.2, 0) is 4.79 Å². The van der Waals surface area contributed by atoms with E-state index in [-0.39, 0.29) is 11.8 Å². The van der Waals surface area contributed by atoms with Crippen LogP contribution < -0.4 is 10.6 Å². The van der Waals surface area contributed by atoms with Crippen LogP contribution in [0.4, 0.5) is 11.4 Å². The highest BCUT2D eigenvalue weighted by Gasteiger charge is 2.22. The fourth-order valence-corrected chi connectivity index (χ4v) is 1.90. The molecular formula is C11H13ClN2O. The van der Waals surface area contributed by atoms with Gasteiger partial charge in [-0.2, -0.15) is 0 Å². The first kappa shape index (κ1) is 10.3. The summed E-state index contributed by atoms with van der Waals surface area (Å²) in [5.74, 6) is 0.0466. The molecule has 1 aliphatic rings. The lowest BCUT2D eigenvalue weighted by Gasteiger charge is -2.09. The molecule has 0 saturated heterocycles. The molecule has 0 radical (unpaired) electrons. The summed E-state index contributed by atoms with van der Waals surface area (Å²) in [4.78, 5) is 11.8. The van der Waals surface area contributed by atoms with Gasteiger partial charge in [-0.15, -0.1) is 0 Å². The summed E-state index contributed by atoms with van der Waals surface area (Å²) in [5.41, 5.74) is 1.59. The van der Waals surface area contributed by atoms with Crippen molar-refractivity contribution in [3.63, 3.8) is 0 Å². The van der Waals surface area contributed by atoms with Gasteiger partial charge in [0.25, 0.3) is 0 Å². The molecule has 1 unspecified atom stereocenters. The maximum Gasteiger partial charge on any atom is 0.229 e. The molecule has 0 aromatic heterocycles. The van der Waals surface area contributed by atoms with Crippen LogP contribution in [0.25, 0.3) is 0 Å². The van der Waals surface area contributed by atoms with E-state index in [1.165, 1.54) is 0 Å². The Balaban J connectivity index is 2.36. The van der Waals surface area contributed by atoms with Gasteiger partial charge < -0.3 is 10.6 Å². The Labute approximate surface area is 93.8 Å². The molecule has 0 fully saturated rings. The Hall–Kier alpha value is -1.22. The quantitative estimate of drug-likeness (QED) is 0.770. The van der Waals surface area contributed by atoms with Crippen molar-refractivity contribution in [1.82, 2.24) is 0 Å². The van der Waals surface area contributed by atoms with Crippen LogP contribution in [0.1, 0.15) is 13.3 Å². The average Bonchev–Trinajstić information content (AvgIpc) is 2.38. The summed E-state index contributed by atoms with van der Waals surface area (Å²) < 4.78 is 0. The van der Waals surface area contributed by atoms with E-state index >= 15 is 0 Å². The maximum absolute atomic E-state index is 11.8. The number of carbonyl (C=O) groups is 1. The molecule has 0 spiro atoms. The molecule has 1 aromatic rings. The van der Waals surface area contributed by atoms with E-state index in [0.29, 0.717) is 17.3 Å². The van der Waals surface area contributed by atoms with Crippen LogP contribution in [0.3, 0.4) is 0 Å². The normalized spacial score (nSPS) is 19.9. The highest BCUT2D eigenvalue weighted by atomic mass is 35.5. The van der Waals surface area contributed by atoms with E-state index < -0.39 is 0 Å². The van der Waals surface area contributed by atoms with Crippen molar-refractivity contribution >= 4 is 28.9 Å². The van der Waals surface area contributed by atoms with Crippen LogP contribution in [0.2, 0.25) is 5.02 Å². The van der Waals surface area contributed by atoms with Gasteiger partial charge in [0.1, 0.15) is 0 Å². The van der Waals surface area contributed by atoms with Crippen molar-refractivity contribution in [2.45, 2.75) is 13.3 Å². The SMILES string of the molecule is CCC1CNc2cccc(Cl)c2NC1=O. The lowest BCUT2D eigenvalue weighted by Crippen LogP contribution is -2.24. The third-order valence-corrected chi connectivity index (χ3v) is 2.98. The predicted octanol–water partition coefficient (Wildman–Crippen LogP) is 2.73. The zero-order valence-corrected chi connectivity index (χ0v) is 9.27. The van der Waals surface area contributed by atoms with Gasteiger partial charge in [0.2, 0.25) is 5.91 Å². The van der Waals surface area contributed by atoms with Crippen LogP contribution in [0.5, 0.6) is 0 Å². The molecule has 1 heterocycles. The summed E-state index contributed by atoms with van der Waals surface area (Å²) in [6, 6.07) is 5.56. The number of para-hydroxylation sites is 1. The Morgan fingerprint density at radius 1 is 1.53 bits per heavy atom. The van der Waals surface area contributed by atoms with Gasteiger partial charge in [-0.05, 0) is 18.6 Å². The van der Waals surface area contributed by atoms with E-state index in [0.717, 1.165) is 12.1 Å². The van der Waals surface area contributed by atoms with Crippen molar-refractivity contribution in [3.8, 4) is 0 Å². The molecule has 4 heteroatoms. The van der Waals surface area contributed by atoms with Crippen LogP contribution >= 0.6 is 11.6 Å². The third kappa shape index (κ3) is 1.92. The minimum atomic E-state index is 0.00784. The molecule has 2 N–H and O–H groups in total. The zero-order chi connectivity index (χ0) is 10.8. The highest BCUT2D eigenvalue weighted by Crippen LogP contribution is 2.32. The Bertz CT molecular complexity index is 392. The van der Waals surface area contributed by atoms with E-state index in [1.807, 2.05) is 19.1 Å². The summed E-state index contributed by atoms with van der Waals surface area (Å²) >= 11 is 6.02. The lowest BCUT2D eigenvalue weighted by molar-refractivity contribution is -0.119. The monoisotopic (exact) mass is 224 g/mol. The molecule has 80 valence electrons. The van der Waals surface area contributed by atoms with Crippen molar-refractivity contribution < 1.29 is 4.79 Å². The molecule has 1 aromatic carbocycles. The minimum Gasteiger partial charge on any atom is -0.383 e. The maximum atomic E-state index is 11.8. The third-order valence-electron chi connectivity index (χ3n) is 2.66. The first-order chi connectivity index (χ1) is 7.22. The Morgan fingerprint density at radius 3 is 3.07 bits per heavy atom. The van der Waals surface area contributed by atoms with Crippen molar-refractivity contribution in [1.29, 1.82) is 0 Å². The summed E-state index contributed by atoms with van der Waals surface area (Å²) in [7, 11) is 0. The summed E-state index contributed by atoms with van der Waals surface area (Å²) in [5, 5.41) is 6.66. The second-order valence-corrected chi connectivity index (χ2v) is 4.04. The van der Waals surface area contributed by atoms with E-state index in [2.05, 4.69) is 10.6 Å². The molecule has 0 aliphatic carbocycles. The van der Waals surface area contributed by atoms with Gasteiger partial charge in [0.05, 0.1) is 22.3 Å². The molecule has 1 amide bonds. The average molecular weight is 225 g/mol. The number of nitrogens with one attached hydrogen (secondary N) is 2. The van der Waals surface area contributed by atoms with Crippen molar-refractivity contribution in [2.75, 3.05) is 17.2 Å². The number of hydrogen-bond donors (Lipinski definition) is 2. The van der Waals surface area contributed by atoms with E-state index in [9.17, 15) is 4.79 Å². The molecule has 15 heavy (non-hydrogen) atoms. The number of anilines is 2. The van der Waals surface area contributed by atoms with Gasteiger partial charge in [0.15, 0.2) is 0 Å². The lowest BCUT2D eigenvalue weighted by atomic mass is 10.1. The van der Waals surface area contributed by atoms with E-state index in [1.54, 1.807) is 6.07 Å². The van der Waals surface area contributed by atoms with Gasteiger partial charge in [-0.25, -0.2) is 0 Å². The molecule has 0 saturated carbocycles. The molecule has 0 bridgehead atoms. The molecule has 1 aliphatic heterocycles. The second-order valence-electron chi connectivity index (χ2n) is 3.64. The van der Waals surface area contributed by atoms with Gasteiger partial charge >= 0.3 is 0 Å². The van der Waals surface area contributed by atoms with Gasteiger partial charge in [0, 0.05) is 6.54 Å². The van der Waals surface area contributed by atoms with Crippen LogP contribution in [0.15, 0.2) is 18.2 Å². The standard InChI is InChI=1S/C11H13ClN2O/c1-2-7-6-13-9-5-3-4-8(12)10(9)14-11(7)15/h3-5,7,13H,2,6H2,1H3,(H,14,15). The topological polar surface area (TPSA) is 41.1 Å². The number of halogens is 1. The largest absolute Gasteiger partial charge is 0.383 e. The number of hydrogen-bond acceptors (Lipinski definition) is 2. The fraction of sp³-hybridized carbons (Fsp3) is 0.364. The minimum absolute atomic E-state index is 0.00784. The number of rotatable bonds is 1. The van der Waals surface area contributed by atoms with Crippen LogP contribution in [0, 0.1) is 5.92 Å². The molecule has 2 rings (SSSR count). The summed E-state index contributed by atoms with van der Waals surface area (Å²) in [6.07, 6.45) is 0.824. The Morgan fingerprint density at radius 2 is 2.33 bits per heavy atom. The number of fused-ring (bicyclic) bond motifs is 1. The first-order valence-electron chi connectivity index (χ1n) is 5.05. The van der Waals surface area contributed by atoms with Crippen LogP contribution in [-0.4, -0.2) is 12.5 Å².